The van der Waals surface area contributed by atoms with Gasteiger partial charge in [0.15, 0.2) is 0 Å². The second-order valence-corrected chi connectivity index (χ2v) is 10.6. The van der Waals surface area contributed by atoms with Gasteiger partial charge in [0, 0.05) is 0 Å². The van der Waals surface area contributed by atoms with Crippen LogP contribution in [0.2, 0.25) is 0 Å². The van der Waals surface area contributed by atoms with Crippen molar-refractivity contribution in [1.82, 2.24) is 0 Å². The van der Waals surface area contributed by atoms with Crippen LogP contribution in [-0.4, -0.2) is 19.5 Å². The Morgan fingerprint density at radius 1 is 0.375 bits per heavy atom. The Bertz CT molecular complexity index is 343. The molecule has 0 aromatic heterocycles. The molecule has 0 aromatic carbocycles. The van der Waals surface area contributed by atoms with E-state index in [1.165, 1.54) is 51.4 Å². The van der Waals surface area contributed by atoms with Crippen molar-refractivity contribution in [3.8, 4) is 0 Å². The molecule has 0 nitrogen and oxygen atoms in total. The molecule has 0 aromatic rings. The van der Waals surface area contributed by atoms with Crippen LogP contribution in [0.1, 0.15) is 51.4 Å². The van der Waals surface area contributed by atoms with Crippen LogP contribution in [0.4, 0.5) is 16.9 Å². The fourth-order valence-corrected chi connectivity index (χ4v) is 1.71. The van der Waals surface area contributed by atoms with Crippen molar-refractivity contribution in [2.24, 2.45) is 0 Å². The van der Waals surface area contributed by atoms with Crippen LogP contribution in [0.5, 0.6) is 0 Å². The first-order valence-corrected chi connectivity index (χ1v) is 13.4. The van der Waals surface area contributed by atoms with E-state index in [1.54, 1.807) is 0 Å². The average Bonchev–Trinajstić information content (AvgIpc) is 2.22. The third kappa shape index (κ3) is 37.9. The number of allylic oxidation sites excluding steroid dienone is 8. The zero-order chi connectivity index (χ0) is 17.7. The second kappa shape index (κ2) is 11.6. The fourth-order valence-electron chi connectivity index (χ4n) is 1.71. The molecule has 0 saturated carbocycles. The molecule has 0 N–H and O–H groups in total. The van der Waals surface area contributed by atoms with Gasteiger partial charge in [-0.2, -0.15) is 0 Å². The summed E-state index contributed by atoms with van der Waals surface area (Å²) < 4.78 is 59.6. The molecular formula is C16H24F6RhSb. The van der Waals surface area contributed by atoms with Gasteiger partial charge in [-0.05, 0) is 51.4 Å². The van der Waals surface area contributed by atoms with Gasteiger partial charge in [0.1, 0.15) is 0 Å². The van der Waals surface area contributed by atoms with Crippen LogP contribution < -0.4 is 0 Å². The second-order valence-electron chi connectivity index (χ2n) is 5.15. The van der Waals surface area contributed by atoms with Crippen molar-refractivity contribution in [3.63, 3.8) is 0 Å². The predicted molar refractivity (Wildman–Crippen MR) is 85.9 cm³/mol. The first-order valence-electron chi connectivity index (χ1n) is 7.61. The van der Waals surface area contributed by atoms with E-state index in [0.29, 0.717) is 0 Å². The summed E-state index contributed by atoms with van der Waals surface area (Å²) in [4.78, 5) is 0. The minimum Gasteiger partial charge on any atom is 1.00 e. The van der Waals surface area contributed by atoms with Crippen LogP contribution in [0.15, 0.2) is 48.6 Å². The van der Waals surface area contributed by atoms with E-state index in [2.05, 4.69) is 48.6 Å². The van der Waals surface area contributed by atoms with Crippen LogP contribution in [0, 0.1) is 0 Å². The molecular weight excluding hydrogens is 531 g/mol. The first-order chi connectivity index (χ1) is 10.4. The largest absolute Gasteiger partial charge is 1.00 e. The minimum atomic E-state index is -11.2. The van der Waals surface area contributed by atoms with E-state index in [-0.39, 0.29) is 19.5 Å². The molecule has 0 amide bonds. The maximum absolute atomic E-state index is 11.2. The zero-order valence-corrected chi connectivity index (χ0v) is 17.5. The van der Waals surface area contributed by atoms with Crippen LogP contribution >= 0.6 is 0 Å². The number of halogens is 6. The van der Waals surface area contributed by atoms with E-state index >= 15 is 0 Å². The quantitative estimate of drug-likeness (QED) is 0.165. The van der Waals surface area contributed by atoms with Crippen molar-refractivity contribution in [3.05, 3.63) is 48.6 Å². The summed E-state index contributed by atoms with van der Waals surface area (Å²) in [5, 5.41) is 0. The van der Waals surface area contributed by atoms with Crippen molar-refractivity contribution in [1.29, 1.82) is 0 Å². The number of rotatable bonds is 0. The van der Waals surface area contributed by atoms with Gasteiger partial charge in [-0.1, -0.05) is 48.6 Å². The van der Waals surface area contributed by atoms with Gasteiger partial charge in [0.05, 0.1) is 0 Å². The molecule has 0 radical (unpaired) electrons. The molecule has 2 aliphatic rings. The molecule has 2 aliphatic carbocycles. The Morgan fingerprint density at radius 3 is 0.542 bits per heavy atom. The third-order valence-corrected chi connectivity index (χ3v) is 2.67. The molecule has 0 bridgehead atoms. The van der Waals surface area contributed by atoms with Crippen molar-refractivity contribution < 1.29 is 36.4 Å². The molecule has 0 spiro atoms. The number of hydrogen-bond donors (Lipinski definition) is 0. The van der Waals surface area contributed by atoms with Gasteiger partial charge in [-0.3, -0.25) is 0 Å². The Morgan fingerprint density at radius 2 is 0.458 bits per heavy atom. The molecule has 2 rings (SSSR count). The molecule has 0 fully saturated rings. The maximum Gasteiger partial charge on any atom is 1.00 e. The molecule has 0 unspecified atom stereocenters. The molecule has 0 atom stereocenters. The molecule has 8 heteroatoms. The smallest absolute Gasteiger partial charge is 1.00 e. The van der Waals surface area contributed by atoms with Crippen LogP contribution in [0.25, 0.3) is 0 Å². The van der Waals surface area contributed by atoms with E-state index < -0.39 is 19.5 Å². The van der Waals surface area contributed by atoms with E-state index in [1.807, 2.05) is 0 Å². The SMILES string of the molecule is C1=CCCC=CCC1.C1=CCCC=CCC1.[F][Sb-]([F])([F])([F])([F])[F].[Rh+]. The topological polar surface area (TPSA) is 0 Å². The van der Waals surface area contributed by atoms with Gasteiger partial charge in [0.25, 0.3) is 0 Å². The Kier molecular flexibility index (Phi) is 12.6. The van der Waals surface area contributed by atoms with Gasteiger partial charge in [-0.25, -0.2) is 0 Å². The summed E-state index contributed by atoms with van der Waals surface area (Å²) in [7, 11) is 0. The molecule has 24 heavy (non-hydrogen) atoms. The van der Waals surface area contributed by atoms with Crippen molar-refractivity contribution in [2.75, 3.05) is 0 Å². The van der Waals surface area contributed by atoms with Gasteiger partial charge in [0.2, 0.25) is 0 Å². The zero-order valence-electron chi connectivity index (χ0n) is 13.3. The summed E-state index contributed by atoms with van der Waals surface area (Å²) in [5.41, 5.74) is 0. The summed E-state index contributed by atoms with van der Waals surface area (Å²) in [6.45, 7) is 0. The van der Waals surface area contributed by atoms with Crippen LogP contribution in [-0.2, 0) is 19.5 Å². The normalized spacial score (nSPS) is 20.1. The van der Waals surface area contributed by atoms with Gasteiger partial charge < -0.3 is 0 Å². The standard InChI is InChI=1S/2C8H12.6FH.Rh.Sb/c2*1-2-4-6-8-7-5-3-1;;;;;;;;/h2*1-2,7-8H,3-6H2;6*1H;;/q;;;;;;;;+1;+5/p-6. The summed E-state index contributed by atoms with van der Waals surface area (Å²) in [6, 6.07) is 0. The average molecular weight is 555 g/mol. The Hall–Kier alpha value is -0.0184. The molecule has 0 saturated heterocycles. The molecule has 0 aliphatic heterocycles. The predicted octanol–water partition coefficient (Wildman–Crippen LogP) is 7.48. The first kappa shape index (κ1) is 26.2. The van der Waals surface area contributed by atoms with E-state index in [0.717, 1.165) is 0 Å². The minimum absolute atomic E-state index is 0. The Labute approximate surface area is 155 Å². The molecule has 144 valence electrons. The summed E-state index contributed by atoms with van der Waals surface area (Å²) >= 11 is -11.2. The fraction of sp³-hybridized carbons (Fsp3) is 0.500. The van der Waals surface area contributed by atoms with Crippen LogP contribution in [0.3, 0.4) is 0 Å². The maximum atomic E-state index is 9.93. The van der Waals surface area contributed by atoms with Gasteiger partial charge in [-0.15, -0.1) is 0 Å². The van der Waals surface area contributed by atoms with Gasteiger partial charge >= 0.3 is 55.8 Å². The summed E-state index contributed by atoms with van der Waals surface area (Å²) in [6.07, 6.45) is 28.0. The summed E-state index contributed by atoms with van der Waals surface area (Å²) in [5.74, 6) is 0. The van der Waals surface area contributed by atoms with Crippen molar-refractivity contribution in [2.45, 2.75) is 51.4 Å². The van der Waals surface area contributed by atoms with E-state index in [9.17, 15) is 16.9 Å². The molecule has 0 heterocycles. The monoisotopic (exact) mass is 554 g/mol. The Balaban J connectivity index is 0. The van der Waals surface area contributed by atoms with Crippen molar-refractivity contribution >= 4 is 19.5 Å². The van der Waals surface area contributed by atoms with E-state index in [4.69, 9.17) is 0 Å². The third-order valence-electron chi connectivity index (χ3n) is 2.67. The number of hydrogen-bond acceptors (Lipinski definition) is 0.